The zero-order valence-corrected chi connectivity index (χ0v) is 11.2. The summed E-state index contributed by atoms with van der Waals surface area (Å²) in [7, 11) is 1.52. The summed E-state index contributed by atoms with van der Waals surface area (Å²) >= 11 is 0. The van der Waals surface area contributed by atoms with Crippen molar-refractivity contribution in [1.29, 1.82) is 0 Å². The lowest BCUT2D eigenvalue weighted by Crippen LogP contribution is -2.36. The molecule has 0 saturated carbocycles. The summed E-state index contributed by atoms with van der Waals surface area (Å²) in [5, 5.41) is 9.39. The highest BCUT2D eigenvalue weighted by molar-refractivity contribution is 4.95. The Morgan fingerprint density at radius 1 is 1.60 bits per heavy atom. The number of nitrogens with one attached hydrogen (secondary N) is 1. The molecule has 2 rings (SSSR count). The summed E-state index contributed by atoms with van der Waals surface area (Å²) in [6, 6.07) is 1.24. The highest BCUT2D eigenvalue weighted by Gasteiger charge is 2.45. The molecule has 2 heterocycles. The second kappa shape index (κ2) is 6.17. The fourth-order valence-corrected chi connectivity index (χ4v) is 2.58. The first-order valence-corrected chi connectivity index (χ1v) is 6.33. The van der Waals surface area contributed by atoms with E-state index in [0.29, 0.717) is 6.42 Å². The van der Waals surface area contributed by atoms with Gasteiger partial charge >= 0.3 is 5.69 Å². The van der Waals surface area contributed by atoms with Crippen molar-refractivity contribution in [3.05, 3.63) is 45.8 Å². The monoisotopic (exact) mass is 282 g/mol. The number of aliphatic hydroxyl groups is 1. The van der Waals surface area contributed by atoms with Gasteiger partial charge in [-0.05, 0) is 6.42 Å². The maximum absolute atomic E-state index is 11.8. The third-order valence-corrected chi connectivity index (χ3v) is 3.51. The molecule has 0 aliphatic carbocycles. The molecule has 2 N–H and O–H groups in total. The summed E-state index contributed by atoms with van der Waals surface area (Å²) in [6.07, 6.45) is 2.14. The lowest BCUT2D eigenvalue weighted by molar-refractivity contribution is -0.0625. The molecule has 1 aliphatic heterocycles. The molecule has 20 heavy (non-hydrogen) atoms. The smallest absolute Gasteiger partial charge is 0.330 e. The standard InChI is InChI=1S/C13H18N2O5/c1-3-4-8-9(7-16)20-12(11(8)19-2)15-6-5-10(17)14-13(15)18/h3,5-6,8-9,11-12,16H,1,4,7H2,2H3,(H,14,17,18)/t8-,9+,11?,12+/m0/s1. The Morgan fingerprint density at radius 3 is 2.90 bits per heavy atom. The maximum Gasteiger partial charge on any atom is 0.330 e. The average molecular weight is 282 g/mol. The number of rotatable bonds is 5. The Bertz CT molecular complexity index is 579. The van der Waals surface area contributed by atoms with Crippen LogP contribution < -0.4 is 11.2 Å². The van der Waals surface area contributed by atoms with E-state index < -0.39 is 29.7 Å². The van der Waals surface area contributed by atoms with Crippen LogP contribution in [0.25, 0.3) is 0 Å². The van der Waals surface area contributed by atoms with Crippen LogP contribution in [0.15, 0.2) is 34.5 Å². The molecule has 1 fully saturated rings. The number of nitrogens with zero attached hydrogens (tertiary/aromatic N) is 1. The van der Waals surface area contributed by atoms with Crippen molar-refractivity contribution in [2.24, 2.45) is 5.92 Å². The number of allylic oxidation sites excluding steroid dienone is 1. The van der Waals surface area contributed by atoms with Crippen LogP contribution in [0.2, 0.25) is 0 Å². The van der Waals surface area contributed by atoms with Crippen molar-refractivity contribution in [2.45, 2.75) is 24.9 Å². The minimum absolute atomic E-state index is 0.105. The van der Waals surface area contributed by atoms with Crippen LogP contribution in [0, 0.1) is 5.92 Å². The van der Waals surface area contributed by atoms with Gasteiger partial charge in [-0.25, -0.2) is 4.79 Å². The quantitative estimate of drug-likeness (QED) is 0.719. The molecule has 1 saturated heterocycles. The number of aromatic amines is 1. The zero-order valence-electron chi connectivity index (χ0n) is 11.2. The minimum atomic E-state index is -0.688. The fourth-order valence-electron chi connectivity index (χ4n) is 2.58. The van der Waals surface area contributed by atoms with Crippen LogP contribution in [0.4, 0.5) is 0 Å². The number of aliphatic hydroxyl groups excluding tert-OH is 1. The van der Waals surface area contributed by atoms with Gasteiger partial charge in [-0.1, -0.05) is 6.08 Å². The van der Waals surface area contributed by atoms with Crippen molar-refractivity contribution < 1.29 is 14.6 Å². The first kappa shape index (κ1) is 14.7. The molecule has 7 heteroatoms. The van der Waals surface area contributed by atoms with Crippen molar-refractivity contribution in [3.63, 3.8) is 0 Å². The number of hydrogen-bond donors (Lipinski definition) is 2. The molecule has 0 spiro atoms. The van der Waals surface area contributed by atoms with Gasteiger partial charge in [-0.15, -0.1) is 6.58 Å². The van der Waals surface area contributed by atoms with Gasteiger partial charge < -0.3 is 14.6 Å². The molecular formula is C13H18N2O5. The van der Waals surface area contributed by atoms with Crippen LogP contribution in [0.1, 0.15) is 12.6 Å². The van der Waals surface area contributed by atoms with E-state index in [2.05, 4.69) is 11.6 Å². The fraction of sp³-hybridized carbons (Fsp3) is 0.538. The van der Waals surface area contributed by atoms with E-state index in [-0.39, 0.29) is 12.5 Å². The SMILES string of the molecule is C=CC[C@@H]1C(OC)[C@H](n2ccc(=O)[nH]c2=O)O[C@@H]1CO. The van der Waals surface area contributed by atoms with Gasteiger partial charge in [0.2, 0.25) is 0 Å². The molecule has 1 aliphatic rings. The second-order valence-electron chi connectivity index (χ2n) is 4.65. The van der Waals surface area contributed by atoms with Crippen LogP contribution in [-0.4, -0.2) is 40.6 Å². The second-order valence-corrected chi connectivity index (χ2v) is 4.65. The van der Waals surface area contributed by atoms with E-state index in [4.69, 9.17) is 9.47 Å². The third kappa shape index (κ3) is 2.60. The summed E-state index contributed by atoms with van der Waals surface area (Å²) in [6.45, 7) is 3.51. The Labute approximate surface area is 115 Å². The van der Waals surface area contributed by atoms with E-state index in [9.17, 15) is 14.7 Å². The average Bonchev–Trinajstić information content (AvgIpc) is 2.77. The highest BCUT2D eigenvalue weighted by atomic mass is 16.6. The van der Waals surface area contributed by atoms with Crippen molar-refractivity contribution in [3.8, 4) is 0 Å². The number of aromatic nitrogens is 2. The van der Waals surface area contributed by atoms with Crippen LogP contribution in [0.5, 0.6) is 0 Å². The third-order valence-electron chi connectivity index (χ3n) is 3.51. The molecule has 0 aromatic carbocycles. The molecule has 0 radical (unpaired) electrons. The van der Waals surface area contributed by atoms with E-state index in [0.717, 1.165) is 0 Å². The van der Waals surface area contributed by atoms with Gasteiger partial charge in [-0.2, -0.15) is 0 Å². The van der Waals surface area contributed by atoms with Crippen LogP contribution in [0.3, 0.4) is 0 Å². The van der Waals surface area contributed by atoms with Gasteiger partial charge in [-0.3, -0.25) is 14.3 Å². The summed E-state index contributed by atoms with van der Waals surface area (Å²) in [5.41, 5.74) is -1.04. The van der Waals surface area contributed by atoms with E-state index in [1.54, 1.807) is 6.08 Å². The molecule has 110 valence electrons. The molecule has 1 unspecified atom stereocenters. The van der Waals surface area contributed by atoms with Gasteiger partial charge in [0.25, 0.3) is 5.56 Å². The molecule has 0 bridgehead atoms. The number of hydrogen-bond acceptors (Lipinski definition) is 5. The van der Waals surface area contributed by atoms with Crippen molar-refractivity contribution in [1.82, 2.24) is 9.55 Å². The van der Waals surface area contributed by atoms with Crippen LogP contribution >= 0.6 is 0 Å². The molecule has 1 aromatic heterocycles. The Morgan fingerprint density at radius 2 is 2.35 bits per heavy atom. The van der Waals surface area contributed by atoms with E-state index in [1.165, 1.54) is 23.9 Å². The molecule has 1 aromatic rings. The predicted octanol–water partition coefficient (Wildman–Crippen LogP) is -0.366. The maximum atomic E-state index is 11.8. The van der Waals surface area contributed by atoms with Gasteiger partial charge in [0.15, 0.2) is 6.23 Å². The first-order valence-electron chi connectivity index (χ1n) is 6.33. The number of H-pyrrole nitrogens is 1. The Balaban J connectivity index is 2.38. The van der Waals surface area contributed by atoms with E-state index in [1.807, 2.05) is 0 Å². The Hall–Kier alpha value is -1.70. The lowest BCUT2D eigenvalue weighted by atomic mass is 9.94. The summed E-state index contributed by atoms with van der Waals surface area (Å²) in [4.78, 5) is 25.1. The van der Waals surface area contributed by atoms with Crippen molar-refractivity contribution in [2.75, 3.05) is 13.7 Å². The number of methoxy groups -OCH3 is 1. The van der Waals surface area contributed by atoms with Crippen molar-refractivity contribution >= 4 is 0 Å². The van der Waals surface area contributed by atoms with Gasteiger partial charge in [0, 0.05) is 25.3 Å². The topological polar surface area (TPSA) is 93.6 Å². The predicted molar refractivity (Wildman–Crippen MR) is 71.4 cm³/mol. The van der Waals surface area contributed by atoms with Gasteiger partial charge in [0.05, 0.1) is 12.7 Å². The molecule has 7 nitrogen and oxygen atoms in total. The molecular weight excluding hydrogens is 264 g/mol. The molecule has 4 atom stereocenters. The normalized spacial score (nSPS) is 29.5. The van der Waals surface area contributed by atoms with E-state index >= 15 is 0 Å². The highest BCUT2D eigenvalue weighted by Crippen LogP contribution is 2.37. The zero-order chi connectivity index (χ0) is 14.7. The van der Waals surface area contributed by atoms with Crippen LogP contribution in [-0.2, 0) is 9.47 Å². The van der Waals surface area contributed by atoms with Gasteiger partial charge in [0.1, 0.15) is 6.10 Å². The first-order chi connectivity index (χ1) is 9.62. The number of ether oxygens (including phenoxy) is 2. The molecule has 0 amide bonds. The largest absolute Gasteiger partial charge is 0.394 e. The summed E-state index contributed by atoms with van der Waals surface area (Å²) in [5.74, 6) is -0.105. The minimum Gasteiger partial charge on any atom is -0.394 e. The summed E-state index contributed by atoms with van der Waals surface area (Å²) < 4.78 is 12.4. The lowest BCUT2D eigenvalue weighted by Gasteiger charge is -2.22. The Kier molecular flexibility index (Phi) is 4.53.